The number of rotatable bonds is 2. The van der Waals surface area contributed by atoms with Crippen LogP contribution in [0.25, 0.3) is 0 Å². The average Bonchev–Trinajstić information content (AvgIpc) is 2.29. The maximum Gasteiger partial charge on any atom is 0.491 e. The molecule has 0 saturated carbocycles. The van der Waals surface area contributed by atoms with Crippen LogP contribution < -0.4 is 10.4 Å². The van der Waals surface area contributed by atoms with E-state index in [0.29, 0.717) is 30.3 Å². The lowest BCUT2D eigenvalue weighted by Crippen LogP contribution is -2.39. The van der Waals surface area contributed by atoms with Gasteiger partial charge in [-0.05, 0) is 6.92 Å². The summed E-state index contributed by atoms with van der Waals surface area (Å²) in [5.41, 5.74) is 0.934. The van der Waals surface area contributed by atoms with E-state index < -0.39 is 7.12 Å². The van der Waals surface area contributed by atoms with E-state index in [9.17, 15) is 0 Å². The van der Waals surface area contributed by atoms with Gasteiger partial charge in [-0.15, -0.1) is 0 Å². The molecule has 2 heterocycles. The molecule has 1 aliphatic heterocycles. The van der Waals surface area contributed by atoms with Gasteiger partial charge in [-0.1, -0.05) is 0 Å². The SMILES string of the molecule is Cc1nc(N2CCOCC2)ncc1B(O)O. The van der Waals surface area contributed by atoms with Crippen molar-refractivity contribution in [2.24, 2.45) is 0 Å². The van der Waals surface area contributed by atoms with E-state index in [1.807, 2.05) is 4.90 Å². The number of morpholine rings is 1. The normalized spacial score (nSPS) is 16.3. The Hall–Kier alpha value is -1.18. The van der Waals surface area contributed by atoms with Crippen molar-refractivity contribution in [2.75, 3.05) is 31.2 Å². The molecule has 0 aromatic carbocycles. The first-order valence-corrected chi connectivity index (χ1v) is 5.21. The first-order valence-electron chi connectivity index (χ1n) is 5.21. The molecule has 0 atom stereocenters. The lowest BCUT2D eigenvalue weighted by Gasteiger charge is -2.27. The maximum absolute atomic E-state index is 9.05. The zero-order chi connectivity index (χ0) is 11.5. The second kappa shape index (κ2) is 4.77. The molecule has 0 radical (unpaired) electrons. The van der Waals surface area contributed by atoms with Crippen molar-refractivity contribution in [1.29, 1.82) is 0 Å². The zero-order valence-electron chi connectivity index (χ0n) is 9.13. The van der Waals surface area contributed by atoms with Crippen molar-refractivity contribution in [3.8, 4) is 0 Å². The van der Waals surface area contributed by atoms with Crippen LogP contribution in [0, 0.1) is 6.92 Å². The minimum atomic E-state index is -1.52. The second-order valence-corrected chi connectivity index (χ2v) is 3.68. The summed E-state index contributed by atoms with van der Waals surface area (Å²) in [5.74, 6) is 0.616. The molecule has 0 unspecified atom stereocenters. The van der Waals surface area contributed by atoms with E-state index in [-0.39, 0.29) is 0 Å². The molecule has 0 amide bonds. The molecule has 2 rings (SSSR count). The summed E-state index contributed by atoms with van der Waals surface area (Å²) in [6.07, 6.45) is 1.46. The van der Waals surface area contributed by atoms with Crippen LogP contribution >= 0.6 is 0 Å². The highest BCUT2D eigenvalue weighted by Crippen LogP contribution is 2.08. The van der Waals surface area contributed by atoms with Crippen LogP contribution in [-0.4, -0.2) is 53.4 Å². The summed E-state index contributed by atoms with van der Waals surface area (Å²) in [4.78, 5) is 10.4. The molecule has 86 valence electrons. The van der Waals surface area contributed by atoms with Crippen LogP contribution in [0.1, 0.15) is 5.69 Å². The van der Waals surface area contributed by atoms with Crippen molar-refractivity contribution in [2.45, 2.75) is 6.92 Å². The molecule has 1 fully saturated rings. The van der Waals surface area contributed by atoms with E-state index in [4.69, 9.17) is 14.8 Å². The number of nitrogens with zero attached hydrogens (tertiary/aromatic N) is 3. The van der Waals surface area contributed by atoms with Gasteiger partial charge in [-0.2, -0.15) is 0 Å². The average molecular weight is 223 g/mol. The summed E-state index contributed by atoms with van der Waals surface area (Å²) < 4.78 is 5.24. The monoisotopic (exact) mass is 223 g/mol. The van der Waals surface area contributed by atoms with E-state index in [2.05, 4.69) is 9.97 Å². The summed E-state index contributed by atoms with van der Waals surface area (Å²) in [5, 5.41) is 18.1. The fourth-order valence-corrected chi connectivity index (χ4v) is 1.63. The summed E-state index contributed by atoms with van der Waals surface area (Å²) in [7, 11) is -1.52. The Morgan fingerprint density at radius 2 is 2.06 bits per heavy atom. The maximum atomic E-state index is 9.05. The third-order valence-corrected chi connectivity index (χ3v) is 2.58. The van der Waals surface area contributed by atoms with E-state index in [1.165, 1.54) is 6.20 Å². The minimum absolute atomic E-state index is 0.344. The number of hydrogen-bond acceptors (Lipinski definition) is 6. The predicted molar refractivity (Wildman–Crippen MR) is 59.6 cm³/mol. The molecule has 6 nitrogen and oxygen atoms in total. The van der Waals surface area contributed by atoms with Gasteiger partial charge in [0.1, 0.15) is 0 Å². The van der Waals surface area contributed by atoms with Gasteiger partial charge in [0.15, 0.2) is 0 Å². The molecule has 2 N–H and O–H groups in total. The standard InChI is InChI=1S/C9H14BN3O3/c1-7-8(10(14)15)6-11-9(12-7)13-2-4-16-5-3-13/h6,14-15H,2-5H2,1H3. The van der Waals surface area contributed by atoms with Gasteiger partial charge in [-0.3, -0.25) is 0 Å². The molecule has 1 aliphatic rings. The highest BCUT2D eigenvalue weighted by atomic mass is 16.5. The second-order valence-electron chi connectivity index (χ2n) is 3.68. The van der Waals surface area contributed by atoms with Gasteiger partial charge in [0, 0.05) is 30.4 Å². The van der Waals surface area contributed by atoms with Crippen LogP contribution in [0.4, 0.5) is 5.95 Å². The molecule has 0 spiro atoms. The van der Waals surface area contributed by atoms with Crippen molar-refractivity contribution in [3.63, 3.8) is 0 Å². The van der Waals surface area contributed by atoms with Crippen LogP contribution in [0.15, 0.2) is 6.20 Å². The molecule has 0 bridgehead atoms. The molecule has 0 aliphatic carbocycles. The third-order valence-electron chi connectivity index (χ3n) is 2.58. The number of hydrogen-bond donors (Lipinski definition) is 2. The molecular weight excluding hydrogens is 209 g/mol. The minimum Gasteiger partial charge on any atom is -0.423 e. The number of aromatic nitrogens is 2. The van der Waals surface area contributed by atoms with E-state index in [1.54, 1.807) is 6.92 Å². The van der Waals surface area contributed by atoms with Gasteiger partial charge in [0.25, 0.3) is 0 Å². The quantitative estimate of drug-likeness (QED) is 0.582. The van der Waals surface area contributed by atoms with Gasteiger partial charge in [0.2, 0.25) is 5.95 Å². The lowest BCUT2D eigenvalue weighted by atomic mass is 9.80. The first-order chi connectivity index (χ1) is 7.68. The fraction of sp³-hybridized carbons (Fsp3) is 0.556. The highest BCUT2D eigenvalue weighted by Gasteiger charge is 2.19. The smallest absolute Gasteiger partial charge is 0.423 e. The Morgan fingerprint density at radius 1 is 1.38 bits per heavy atom. The summed E-state index contributed by atoms with van der Waals surface area (Å²) >= 11 is 0. The van der Waals surface area contributed by atoms with E-state index in [0.717, 1.165) is 13.1 Å². The van der Waals surface area contributed by atoms with Crippen LogP contribution in [0.2, 0.25) is 0 Å². The topological polar surface area (TPSA) is 78.7 Å². The number of aryl methyl sites for hydroxylation is 1. The Bertz CT molecular complexity index is 369. The van der Waals surface area contributed by atoms with Crippen molar-refractivity contribution < 1.29 is 14.8 Å². The Labute approximate surface area is 94.0 Å². The zero-order valence-corrected chi connectivity index (χ0v) is 9.13. The Kier molecular flexibility index (Phi) is 3.38. The molecular formula is C9H14BN3O3. The van der Waals surface area contributed by atoms with Crippen LogP contribution in [-0.2, 0) is 4.74 Å². The highest BCUT2D eigenvalue weighted by molar-refractivity contribution is 6.58. The van der Waals surface area contributed by atoms with Gasteiger partial charge >= 0.3 is 7.12 Å². The number of ether oxygens (including phenoxy) is 1. The largest absolute Gasteiger partial charge is 0.491 e. The lowest BCUT2D eigenvalue weighted by molar-refractivity contribution is 0.122. The third kappa shape index (κ3) is 2.32. The van der Waals surface area contributed by atoms with Crippen LogP contribution in [0.5, 0.6) is 0 Å². The molecule has 16 heavy (non-hydrogen) atoms. The molecule has 1 aromatic rings. The number of anilines is 1. The molecule has 1 saturated heterocycles. The predicted octanol–water partition coefficient (Wildman–Crippen LogP) is -1.70. The van der Waals surface area contributed by atoms with Crippen molar-refractivity contribution in [1.82, 2.24) is 9.97 Å². The van der Waals surface area contributed by atoms with Gasteiger partial charge in [-0.25, -0.2) is 9.97 Å². The van der Waals surface area contributed by atoms with Crippen molar-refractivity contribution in [3.05, 3.63) is 11.9 Å². The van der Waals surface area contributed by atoms with Crippen LogP contribution in [0.3, 0.4) is 0 Å². The van der Waals surface area contributed by atoms with Gasteiger partial charge in [0.05, 0.1) is 13.2 Å². The van der Waals surface area contributed by atoms with Crippen molar-refractivity contribution >= 4 is 18.5 Å². The summed E-state index contributed by atoms with van der Waals surface area (Å²) in [6, 6.07) is 0. The van der Waals surface area contributed by atoms with Gasteiger partial charge < -0.3 is 19.7 Å². The fourth-order valence-electron chi connectivity index (χ4n) is 1.63. The van der Waals surface area contributed by atoms with E-state index >= 15 is 0 Å². The molecule has 7 heteroatoms. The molecule has 1 aromatic heterocycles. The first kappa shape index (κ1) is 11.3. The Morgan fingerprint density at radius 3 is 2.62 bits per heavy atom. The summed E-state index contributed by atoms with van der Waals surface area (Å²) in [6.45, 7) is 4.61. The Balaban J connectivity index is 2.19.